The van der Waals surface area contributed by atoms with Crippen molar-refractivity contribution in [3.05, 3.63) is 0 Å². The summed E-state index contributed by atoms with van der Waals surface area (Å²) in [6.07, 6.45) is 0. The van der Waals surface area contributed by atoms with Gasteiger partial charge >= 0.3 is 6.03 Å². The second kappa shape index (κ2) is 5.78. The Bertz CT molecular complexity index is 271. The summed E-state index contributed by atoms with van der Waals surface area (Å²) in [6.45, 7) is 2.99. The SMILES string of the molecule is CC(C(=O)NC(N)=O)N1CCOCC1CO. The van der Waals surface area contributed by atoms with E-state index in [0.717, 1.165) is 0 Å². The van der Waals surface area contributed by atoms with Crippen LogP contribution in [0.4, 0.5) is 4.79 Å². The highest BCUT2D eigenvalue weighted by Crippen LogP contribution is 2.10. The van der Waals surface area contributed by atoms with Crippen molar-refractivity contribution in [1.29, 1.82) is 0 Å². The molecular weight excluding hydrogens is 214 g/mol. The number of nitrogens with two attached hydrogens (primary N) is 1. The van der Waals surface area contributed by atoms with E-state index < -0.39 is 18.0 Å². The molecule has 3 amide bonds. The van der Waals surface area contributed by atoms with Crippen LogP contribution in [-0.2, 0) is 9.53 Å². The molecule has 0 spiro atoms. The maximum atomic E-state index is 11.5. The molecule has 2 atom stereocenters. The van der Waals surface area contributed by atoms with Crippen LogP contribution in [0.25, 0.3) is 0 Å². The number of urea groups is 1. The molecule has 1 fully saturated rings. The highest BCUT2D eigenvalue weighted by molar-refractivity contribution is 5.96. The first kappa shape index (κ1) is 12.9. The topological polar surface area (TPSA) is 105 Å². The van der Waals surface area contributed by atoms with Gasteiger partial charge in [0.2, 0.25) is 5.91 Å². The monoisotopic (exact) mass is 231 g/mol. The number of hydrogen-bond donors (Lipinski definition) is 3. The minimum absolute atomic E-state index is 0.0891. The molecule has 0 saturated carbocycles. The molecule has 1 saturated heterocycles. The minimum atomic E-state index is -0.870. The zero-order valence-corrected chi connectivity index (χ0v) is 9.18. The molecule has 7 nitrogen and oxygen atoms in total. The number of nitrogens with zero attached hydrogens (tertiary/aromatic N) is 1. The first-order valence-electron chi connectivity index (χ1n) is 5.11. The van der Waals surface area contributed by atoms with Gasteiger partial charge in [-0.05, 0) is 6.92 Å². The van der Waals surface area contributed by atoms with Gasteiger partial charge in [-0.2, -0.15) is 0 Å². The number of rotatable bonds is 3. The maximum absolute atomic E-state index is 11.5. The molecule has 2 unspecified atom stereocenters. The van der Waals surface area contributed by atoms with Gasteiger partial charge in [0.1, 0.15) is 0 Å². The number of aliphatic hydroxyl groups is 1. The molecule has 7 heteroatoms. The summed E-state index contributed by atoms with van der Waals surface area (Å²) in [4.78, 5) is 23.9. The number of carbonyl (C=O) groups excluding carboxylic acids is 2. The molecule has 4 N–H and O–H groups in total. The lowest BCUT2D eigenvalue weighted by Gasteiger charge is -2.37. The number of imide groups is 1. The fourth-order valence-electron chi connectivity index (χ4n) is 1.71. The molecule has 0 aliphatic carbocycles. The van der Waals surface area contributed by atoms with Crippen LogP contribution >= 0.6 is 0 Å². The molecule has 0 bridgehead atoms. The Morgan fingerprint density at radius 2 is 2.38 bits per heavy atom. The highest BCUT2D eigenvalue weighted by Gasteiger charge is 2.30. The van der Waals surface area contributed by atoms with Crippen molar-refractivity contribution in [1.82, 2.24) is 10.2 Å². The number of carbonyl (C=O) groups is 2. The van der Waals surface area contributed by atoms with Crippen LogP contribution in [0, 0.1) is 0 Å². The molecule has 1 rings (SSSR count). The van der Waals surface area contributed by atoms with E-state index in [0.29, 0.717) is 19.8 Å². The summed E-state index contributed by atoms with van der Waals surface area (Å²) in [5, 5.41) is 11.1. The summed E-state index contributed by atoms with van der Waals surface area (Å²) >= 11 is 0. The third kappa shape index (κ3) is 3.16. The summed E-state index contributed by atoms with van der Waals surface area (Å²) in [5.41, 5.74) is 4.86. The number of morpholine rings is 1. The van der Waals surface area contributed by atoms with Gasteiger partial charge in [0.15, 0.2) is 0 Å². The van der Waals surface area contributed by atoms with E-state index >= 15 is 0 Å². The van der Waals surface area contributed by atoms with Crippen molar-refractivity contribution < 1.29 is 19.4 Å². The lowest BCUT2D eigenvalue weighted by molar-refractivity contribution is -0.129. The second-order valence-corrected chi connectivity index (χ2v) is 3.68. The minimum Gasteiger partial charge on any atom is -0.395 e. The van der Waals surface area contributed by atoms with E-state index in [1.807, 2.05) is 5.32 Å². The number of nitrogens with one attached hydrogen (secondary N) is 1. The van der Waals surface area contributed by atoms with E-state index in [4.69, 9.17) is 15.6 Å². The Kier molecular flexibility index (Phi) is 4.66. The number of primary amides is 1. The van der Waals surface area contributed by atoms with E-state index in [-0.39, 0.29) is 12.6 Å². The molecule has 1 aliphatic rings. The van der Waals surface area contributed by atoms with Gasteiger partial charge in [-0.25, -0.2) is 4.79 Å². The van der Waals surface area contributed by atoms with Crippen LogP contribution in [0.3, 0.4) is 0 Å². The van der Waals surface area contributed by atoms with Crippen LogP contribution in [0.15, 0.2) is 0 Å². The average Bonchev–Trinajstić information content (AvgIpc) is 2.27. The van der Waals surface area contributed by atoms with Crippen molar-refractivity contribution in [3.8, 4) is 0 Å². The number of ether oxygens (including phenoxy) is 1. The molecular formula is C9H17N3O4. The van der Waals surface area contributed by atoms with Crippen molar-refractivity contribution in [2.45, 2.75) is 19.0 Å². The standard InChI is InChI=1S/C9H17N3O4/c1-6(8(14)11-9(10)15)12-2-3-16-5-7(12)4-13/h6-7,13H,2-5H2,1H3,(H3,10,11,14,15). The number of amides is 3. The largest absolute Gasteiger partial charge is 0.395 e. The zero-order chi connectivity index (χ0) is 12.1. The van der Waals surface area contributed by atoms with Gasteiger partial charge in [0.05, 0.1) is 31.9 Å². The van der Waals surface area contributed by atoms with Crippen molar-refractivity contribution in [2.24, 2.45) is 5.73 Å². The summed E-state index contributed by atoms with van der Waals surface area (Å²) < 4.78 is 5.19. The van der Waals surface area contributed by atoms with Crippen molar-refractivity contribution in [3.63, 3.8) is 0 Å². The summed E-state index contributed by atoms with van der Waals surface area (Å²) in [7, 11) is 0. The van der Waals surface area contributed by atoms with Crippen LogP contribution in [0.2, 0.25) is 0 Å². The third-order valence-corrected chi connectivity index (χ3v) is 2.61. The fourth-order valence-corrected chi connectivity index (χ4v) is 1.71. The Hall–Kier alpha value is -1.18. The predicted octanol–water partition coefficient (Wildman–Crippen LogP) is -1.74. The quantitative estimate of drug-likeness (QED) is 0.535. The zero-order valence-electron chi connectivity index (χ0n) is 9.18. The molecule has 0 radical (unpaired) electrons. The van der Waals surface area contributed by atoms with E-state index in [1.54, 1.807) is 11.8 Å². The Morgan fingerprint density at radius 1 is 1.69 bits per heavy atom. The lowest BCUT2D eigenvalue weighted by Crippen LogP contribution is -2.57. The average molecular weight is 231 g/mol. The normalized spacial score (nSPS) is 23.8. The van der Waals surface area contributed by atoms with Crippen molar-refractivity contribution >= 4 is 11.9 Å². The number of hydrogen-bond acceptors (Lipinski definition) is 5. The molecule has 1 aliphatic heterocycles. The van der Waals surface area contributed by atoms with Crippen molar-refractivity contribution in [2.75, 3.05) is 26.4 Å². The molecule has 1 heterocycles. The van der Waals surface area contributed by atoms with E-state index in [1.165, 1.54) is 0 Å². The smallest absolute Gasteiger partial charge is 0.318 e. The van der Waals surface area contributed by atoms with Gasteiger partial charge in [-0.1, -0.05) is 0 Å². The van der Waals surface area contributed by atoms with Gasteiger partial charge in [0.25, 0.3) is 0 Å². The Labute approximate surface area is 93.5 Å². The van der Waals surface area contributed by atoms with Crippen LogP contribution < -0.4 is 11.1 Å². The van der Waals surface area contributed by atoms with Gasteiger partial charge in [-0.3, -0.25) is 15.0 Å². The Balaban J connectivity index is 2.59. The second-order valence-electron chi connectivity index (χ2n) is 3.68. The Morgan fingerprint density at radius 3 is 2.94 bits per heavy atom. The predicted molar refractivity (Wildman–Crippen MR) is 55.6 cm³/mol. The third-order valence-electron chi connectivity index (χ3n) is 2.61. The van der Waals surface area contributed by atoms with Crippen LogP contribution in [-0.4, -0.2) is 60.4 Å². The van der Waals surface area contributed by atoms with Gasteiger partial charge < -0.3 is 15.6 Å². The van der Waals surface area contributed by atoms with Crippen LogP contribution in [0.5, 0.6) is 0 Å². The fraction of sp³-hybridized carbons (Fsp3) is 0.778. The first-order valence-corrected chi connectivity index (χ1v) is 5.11. The molecule has 0 aromatic carbocycles. The lowest BCUT2D eigenvalue weighted by atomic mass is 10.1. The first-order chi connectivity index (χ1) is 7.56. The number of aliphatic hydroxyl groups excluding tert-OH is 1. The van der Waals surface area contributed by atoms with Crippen LogP contribution in [0.1, 0.15) is 6.92 Å². The summed E-state index contributed by atoms with van der Waals surface area (Å²) in [6, 6.07) is -1.61. The van der Waals surface area contributed by atoms with Gasteiger partial charge in [0, 0.05) is 6.54 Å². The molecule has 0 aromatic heterocycles. The molecule has 16 heavy (non-hydrogen) atoms. The van der Waals surface area contributed by atoms with E-state index in [9.17, 15) is 9.59 Å². The summed E-state index contributed by atoms with van der Waals surface area (Å²) in [5.74, 6) is -0.465. The van der Waals surface area contributed by atoms with Gasteiger partial charge in [-0.15, -0.1) is 0 Å². The molecule has 92 valence electrons. The van der Waals surface area contributed by atoms with E-state index in [2.05, 4.69) is 0 Å². The molecule has 0 aromatic rings. The maximum Gasteiger partial charge on any atom is 0.318 e. The highest BCUT2D eigenvalue weighted by atomic mass is 16.5.